The lowest BCUT2D eigenvalue weighted by Crippen LogP contribution is -2.45. The Labute approximate surface area is 105 Å². The minimum absolute atomic E-state index is 0.0441. The summed E-state index contributed by atoms with van der Waals surface area (Å²) in [4.78, 5) is 22.8. The van der Waals surface area contributed by atoms with Gasteiger partial charge in [0, 0.05) is 19.9 Å². The van der Waals surface area contributed by atoms with Crippen LogP contribution in [0, 0.1) is 11.3 Å². The van der Waals surface area contributed by atoms with Gasteiger partial charge in [-0.05, 0) is 32.1 Å². The van der Waals surface area contributed by atoms with Crippen molar-refractivity contribution in [1.82, 2.24) is 5.32 Å². The van der Waals surface area contributed by atoms with Crippen LogP contribution in [-0.2, 0) is 9.59 Å². The molecule has 0 aromatic carbocycles. The third-order valence-electron chi connectivity index (χ3n) is 3.64. The van der Waals surface area contributed by atoms with Crippen molar-refractivity contribution in [2.24, 2.45) is 11.3 Å². The average molecular weight is 263 g/mol. The van der Waals surface area contributed by atoms with E-state index in [1.54, 1.807) is 0 Å². The Bertz CT molecular complexity index is 346. The lowest BCUT2D eigenvalue weighted by molar-refractivity contribution is -0.157. The van der Waals surface area contributed by atoms with Gasteiger partial charge in [0.2, 0.25) is 11.8 Å². The van der Waals surface area contributed by atoms with E-state index in [2.05, 4.69) is 5.32 Å². The van der Waals surface area contributed by atoms with Crippen LogP contribution in [0.25, 0.3) is 0 Å². The summed E-state index contributed by atoms with van der Waals surface area (Å²) in [6, 6.07) is 0. The zero-order valence-electron chi connectivity index (χ0n) is 10.6. The Kier molecular flexibility index (Phi) is 4.29. The standard InChI is InChI=1S/C12H19F2NO3/c1-11(10(17)18,9(16)15-2)6-8-4-3-5-12(13,14)7-8/h8H,3-7H2,1-2H3,(H,15,16)(H,17,18). The molecule has 2 atom stereocenters. The summed E-state index contributed by atoms with van der Waals surface area (Å²) in [5, 5.41) is 11.4. The van der Waals surface area contributed by atoms with Crippen molar-refractivity contribution in [3.63, 3.8) is 0 Å². The summed E-state index contributed by atoms with van der Waals surface area (Å²) in [5.74, 6) is -5.06. The summed E-state index contributed by atoms with van der Waals surface area (Å²) < 4.78 is 26.5. The zero-order chi connectivity index (χ0) is 14.0. The summed E-state index contributed by atoms with van der Waals surface area (Å²) in [7, 11) is 1.35. The molecule has 2 unspecified atom stereocenters. The molecule has 0 aliphatic heterocycles. The van der Waals surface area contributed by atoms with Crippen molar-refractivity contribution in [3.05, 3.63) is 0 Å². The van der Waals surface area contributed by atoms with Crippen LogP contribution in [0.3, 0.4) is 0 Å². The number of carboxylic acids is 1. The highest BCUT2D eigenvalue weighted by molar-refractivity contribution is 6.01. The lowest BCUT2D eigenvalue weighted by Gasteiger charge is -2.33. The van der Waals surface area contributed by atoms with E-state index in [0.717, 1.165) is 0 Å². The summed E-state index contributed by atoms with van der Waals surface area (Å²) in [5.41, 5.74) is -1.63. The molecule has 104 valence electrons. The molecule has 1 aliphatic rings. The van der Waals surface area contributed by atoms with Crippen LogP contribution in [0.15, 0.2) is 0 Å². The molecule has 1 fully saturated rings. The molecule has 1 aliphatic carbocycles. The number of carbonyl (C=O) groups is 2. The highest BCUT2D eigenvalue weighted by Crippen LogP contribution is 2.41. The molecule has 4 nitrogen and oxygen atoms in total. The molecular weight excluding hydrogens is 244 g/mol. The summed E-state index contributed by atoms with van der Waals surface area (Å²) in [6.07, 6.45) is 0.411. The maximum Gasteiger partial charge on any atom is 0.318 e. The monoisotopic (exact) mass is 263 g/mol. The molecule has 0 saturated heterocycles. The second-order valence-corrected chi connectivity index (χ2v) is 5.24. The highest BCUT2D eigenvalue weighted by Gasteiger charge is 2.46. The van der Waals surface area contributed by atoms with Crippen LogP contribution in [0.5, 0.6) is 0 Å². The Morgan fingerprint density at radius 1 is 1.50 bits per heavy atom. The number of aliphatic carboxylic acids is 1. The fourth-order valence-electron chi connectivity index (χ4n) is 2.58. The van der Waals surface area contributed by atoms with Crippen molar-refractivity contribution in [1.29, 1.82) is 0 Å². The van der Waals surface area contributed by atoms with Gasteiger partial charge >= 0.3 is 5.97 Å². The van der Waals surface area contributed by atoms with Crippen molar-refractivity contribution < 1.29 is 23.5 Å². The van der Waals surface area contributed by atoms with Crippen LogP contribution in [-0.4, -0.2) is 30.0 Å². The van der Waals surface area contributed by atoms with E-state index >= 15 is 0 Å². The number of carboxylic acid groups (broad SMARTS) is 1. The lowest BCUT2D eigenvalue weighted by atomic mass is 9.74. The molecular formula is C12H19F2NO3. The van der Waals surface area contributed by atoms with E-state index < -0.39 is 29.1 Å². The fraction of sp³-hybridized carbons (Fsp3) is 0.833. The Balaban J connectivity index is 2.79. The highest BCUT2D eigenvalue weighted by atomic mass is 19.3. The van der Waals surface area contributed by atoms with Gasteiger partial charge in [0.1, 0.15) is 5.41 Å². The van der Waals surface area contributed by atoms with Gasteiger partial charge < -0.3 is 10.4 Å². The van der Waals surface area contributed by atoms with E-state index in [-0.39, 0.29) is 19.3 Å². The van der Waals surface area contributed by atoms with Gasteiger partial charge in [-0.1, -0.05) is 0 Å². The first kappa shape index (κ1) is 14.9. The molecule has 1 saturated carbocycles. The number of nitrogens with one attached hydrogen (secondary N) is 1. The fourth-order valence-corrected chi connectivity index (χ4v) is 2.58. The van der Waals surface area contributed by atoms with E-state index in [0.29, 0.717) is 12.8 Å². The quantitative estimate of drug-likeness (QED) is 0.763. The second kappa shape index (κ2) is 5.20. The summed E-state index contributed by atoms with van der Waals surface area (Å²) >= 11 is 0. The van der Waals surface area contributed by atoms with Crippen LogP contribution in [0.1, 0.15) is 39.0 Å². The molecule has 0 radical (unpaired) electrons. The van der Waals surface area contributed by atoms with E-state index in [1.165, 1.54) is 14.0 Å². The number of rotatable bonds is 4. The van der Waals surface area contributed by atoms with E-state index in [9.17, 15) is 18.4 Å². The summed E-state index contributed by atoms with van der Waals surface area (Å²) in [6.45, 7) is 1.29. The van der Waals surface area contributed by atoms with Gasteiger partial charge in [-0.2, -0.15) is 0 Å². The molecule has 2 N–H and O–H groups in total. The predicted octanol–water partition coefficient (Wildman–Crippen LogP) is 2.04. The first-order valence-electron chi connectivity index (χ1n) is 6.05. The molecule has 0 aromatic rings. The Hall–Kier alpha value is -1.20. The molecule has 0 aromatic heterocycles. The number of halogens is 2. The van der Waals surface area contributed by atoms with E-state index in [1.807, 2.05) is 0 Å². The molecule has 18 heavy (non-hydrogen) atoms. The van der Waals surface area contributed by atoms with Crippen LogP contribution in [0.4, 0.5) is 8.78 Å². The molecule has 0 bridgehead atoms. The number of alkyl halides is 2. The smallest absolute Gasteiger partial charge is 0.318 e. The minimum Gasteiger partial charge on any atom is -0.480 e. The van der Waals surface area contributed by atoms with E-state index in [4.69, 9.17) is 5.11 Å². The second-order valence-electron chi connectivity index (χ2n) is 5.24. The van der Waals surface area contributed by atoms with Gasteiger partial charge in [0.25, 0.3) is 0 Å². The predicted molar refractivity (Wildman–Crippen MR) is 61.3 cm³/mol. The third-order valence-corrected chi connectivity index (χ3v) is 3.64. The van der Waals surface area contributed by atoms with Crippen LogP contribution >= 0.6 is 0 Å². The Morgan fingerprint density at radius 3 is 2.56 bits per heavy atom. The van der Waals surface area contributed by atoms with Crippen molar-refractivity contribution in [2.75, 3.05) is 7.05 Å². The molecule has 0 spiro atoms. The largest absolute Gasteiger partial charge is 0.480 e. The first-order valence-corrected chi connectivity index (χ1v) is 6.05. The zero-order valence-corrected chi connectivity index (χ0v) is 10.6. The average Bonchev–Trinajstić information content (AvgIpc) is 2.26. The van der Waals surface area contributed by atoms with Gasteiger partial charge in [-0.15, -0.1) is 0 Å². The van der Waals surface area contributed by atoms with Gasteiger partial charge in [-0.3, -0.25) is 9.59 Å². The molecule has 0 heterocycles. The van der Waals surface area contributed by atoms with Crippen molar-refractivity contribution in [2.45, 2.75) is 45.0 Å². The van der Waals surface area contributed by atoms with Gasteiger partial charge in [0.15, 0.2) is 0 Å². The first-order chi connectivity index (χ1) is 8.21. The topological polar surface area (TPSA) is 66.4 Å². The number of carbonyl (C=O) groups excluding carboxylic acids is 1. The molecule has 6 heteroatoms. The third kappa shape index (κ3) is 3.17. The van der Waals surface area contributed by atoms with Gasteiger partial charge in [-0.25, -0.2) is 8.78 Å². The van der Waals surface area contributed by atoms with Gasteiger partial charge in [0.05, 0.1) is 0 Å². The minimum atomic E-state index is -2.73. The van der Waals surface area contributed by atoms with Crippen LogP contribution in [0.2, 0.25) is 0 Å². The van der Waals surface area contributed by atoms with Crippen molar-refractivity contribution in [3.8, 4) is 0 Å². The molecule has 1 rings (SSSR count). The van der Waals surface area contributed by atoms with Crippen LogP contribution < -0.4 is 5.32 Å². The maximum absolute atomic E-state index is 13.3. The number of hydrogen-bond donors (Lipinski definition) is 2. The Morgan fingerprint density at radius 2 is 2.11 bits per heavy atom. The molecule has 1 amide bonds. The van der Waals surface area contributed by atoms with Crippen molar-refractivity contribution >= 4 is 11.9 Å². The number of hydrogen-bond acceptors (Lipinski definition) is 2. The maximum atomic E-state index is 13.3. The normalized spacial score (nSPS) is 26.1. The SMILES string of the molecule is CNC(=O)C(C)(CC1CCCC(F)(F)C1)C(=O)O. The number of amides is 1.